The summed E-state index contributed by atoms with van der Waals surface area (Å²) in [6.45, 7) is 2.89. The predicted octanol–water partition coefficient (Wildman–Crippen LogP) is 2.73. The van der Waals surface area contributed by atoms with Gasteiger partial charge in [-0.05, 0) is 11.6 Å². The van der Waals surface area contributed by atoms with Gasteiger partial charge in [-0.15, -0.1) is 11.3 Å². The standard InChI is InChI=1S/C14H17N3OS/c1-11(18)17(2)10-12-5-3-4-6-13(12)16-9-14-15-7-8-19-14/h3-8,16H,9-10H2,1-2H3. The highest BCUT2D eigenvalue weighted by atomic mass is 32.1. The Morgan fingerprint density at radius 3 is 2.89 bits per heavy atom. The summed E-state index contributed by atoms with van der Waals surface area (Å²) >= 11 is 1.63. The van der Waals surface area contributed by atoms with Gasteiger partial charge in [-0.1, -0.05) is 18.2 Å². The average Bonchev–Trinajstić information content (AvgIpc) is 2.90. The lowest BCUT2D eigenvalue weighted by molar-refractivity contribution is -0.128. The highest BCUT2D eigenvalue weighted by molar-refractivity contribution is 7.09. The third-order valence-electron chi connectivity index (χ3n) is 2.88. The van der Waals surface area contributed by atoms with Crippen molar-refractivity contribution in [2.75, 3.05) is 12.4 Å². The molecule has 0 spiro atoms. The van der Waals surface area contributed by atoms with Crippen molar-refractivity contribution < 1.29 is 4.79 Å². The van der Waals surface area contributed by atoms with Crippen molar-refractivity contribution in [3.05, 3.63) is 46.4 Å². The second kappa shape index (κ2) is 6.33. The summed E-state index contributed by atoms with van der Waals surface area (Å²) in [6, 6.07) is 8.03. The van der Waals surface area contributed by atoms with Crippen molar-refractivity contribution in [1.29, 1.82) is 0 Å². The van der Waals surface area contributed by atoms with E-state index in [0.717, 1.165) is 16.3 Å². The maximum absolute atomic E-state index is 11.3. The molecule has 1 amide bonds. The van der Waals surface area contributed by atoms with Crippen LogP contribution in [0.1, 0.15) is 17.5 Å². The molecule has 0 atom stereocenters. The van der Waals surface area contributed by atoms with E-state index in [0.29, 0.717) is 13.1 Å². The van der Waals surface area contributed by atoms with Gasteiger partial charge < -0.3 is 10.2 Å². The third-order valence-corrected chi connectivity index (χ3v) is 3.66. The zero-order valence-electron chi connectivity index (χ0n) is 11.1. The molecule has 0 saturated carbocycles. The maximum Gasteiger partial charge on any atom is 0.219 e. The summed E-state index contributed by atoms with van der Waals surface area (Å²) in [4.78, 5) is 17.2. The number of carbonyl (C=O) groups excluding carboxylic acids is 1. The molecular weight excluding hydrogens is 258 g/mol. The molecule has 2 rings (SSSR count). The van der Waals surface area contributed by atoms with Crippen LogP contribution >= 0.6 is 11.3 Å². The van der Waals surface area contributed by atoms with Gasteiger partial charge in [0.15, 0.2) is 0 Å². The van der Waals surface area contributed by atoms with E-state index >= 15 is 0 Å². The molecule has 0 unspecified atom stereocenters. The van der Waals surface area contributed by atoms with Crippen LogP contribution in [0, 0.1) is 0 Å². The minimum atomic E-state index is 0.0646. The molecule has 19 heavy (non-hydrogen) atoms. The van der Waals surface area contributed by atoms with Crippen molar-refractivity contribution >= 4 is 22.9 Å². The largest absolute Gasteiger partial charge is 0.378 e. The van der Waals surface area contributed by atoms with Gasteiger partial charge in [0.2, 0.25) is 5.91 Å². The fraction of sp³-hybridized carbons (Fsp3) is 0.286. The smallest absolute Gasteiger partial charge is 0.219 e. The number of benzene rings is 1. The van der Waals surface area contributed by atoms with Gasteiger partial charge in [0.1, 0.15) is 5.01 Å². The molecule has 0 fully saturated rings. The maximum atomic E-state index is 11.3. The Hall–Kier alpha value is -1.88. The van der Waals surface area contributed by atoms with Crippen LogP contribution in [0.15, 0.2) is 35.8 Å². The van der Waals surface area contributed by atoms with E-state index in [9.17, 15) is 4.79 Å². The molecule has 1 heterocycles. The Morgan fingerprint density at radius 2 is 2.21 bits per heavy atom. The van der Waals surface area contributed by atoms with Gasteiger partial charge in [-0.2, -0.15) is 0 Å². The van der Waals surface area contributed by atoms with Crippen LogP contribution in [-0.2, 0) is 17.9 Å². The molecule has 0 saturated heterocycles. The zero-order valence-corrected chi connectivity index (χ0v) is 11.9. The van der Waals surface area contributed by atoms with E-state index in [4.69, 9.17) is 0 Å². The van der Waals surface area contributed by atoms with E-state index in [1.54, 1.807) is 36.4 Å². The Morgan fingerprint density at radius 1 is 1.42 bits per heavy atom. The monoisotopic (exact) mass is 275 g/mol. The first-order valence-corrected chi connectivity index (χ1v) is 6.96. The molecule has 1 aromatic carbocycles. The van der Waals surface area contributed by atoms with Gasteiger partial charge in [0, 0.05) is 37.8 Å². The lowest BCUT2D eigenvalue weighted by Gasteiger charge is -2.18. The molecule has 1 N–H and O–H groups in total. The molecule has 5 heteroatoms. The summed E-state index contributed by atoms with van der Waals surface area (Å²) in [5.41, 5.74) is 2.16. The number of hydrogen-bond acceptors (Lipinski definition) is 4. The Balaban J connectivity index is 2.05. The van der Waals surface area contributed by atoms with E-state index in [1.807, 2.05) is 29.6 Å². The van der Waals surface area contributed by atoms with Gasteiger partial charge in [0.05, 0.1) is 6.54 Å². The number of para-hydroxylation sites is 1. The van der Waals surface area contributed by atoms with Crippen molar-refractivity contribution in [1.82, 2.24) is 9.88 Å². The SMILES string of the molecule is CC(=O)N(C)Cc1ccccc1NCc1nccs1. The number of aromatic nitrogens is 1. The summed E-state index contributed by atoms with van der Waals surface area (Å²) in [5.74, 6) is 0.0646. The first kappa shape index (κ1) is 13.5. The van der Waals surface area contributed by atoms with E-state index in [-0.39, 0.29) is 5.91 Å². The van der Waals surface area contributed by atoms with Crippen LogP contribution < -0.4 is 5.32 Å². The highest BCUT2D eigenvalue weighted by Gasteiger charge is 2.07. The van der Waals surface area contributed by atoms with Gasteiger partial charge in [0.25, 0.3) is 0 Å². The number of nitrogens with one attached hydrogen (secondary N) is 1. The van der Waals surface area contributed by atoms with Crippen LogP contribution in [-0.4, -0.2) is 22.8 Å². The van der Waals surface area contributed by atoms with Crippen LogP contribution in [0.5, 0.6) is 0 Å². The van der Waals surface area contributed by atoms with Crippen molar-refractivity contribution in [3.63, 3.8) is 0 Å². The second-order valence-corrected chi connectivity index (χ2v) is 5.29. The number of anilines is 1. The molecule has 0 aliphatic rings. The minimum absolute atomic E-state index is 0.0646. The average molecular weight is 275 g/mol. The predicted molar refractivity (Wildman–Crippen MR) is 78.0 cm³/mol. The van der Waals surface area contributed by atoms with Crippen LogP contribution in [0.2, 0.25) is 0 Å². The molecule has 100 valence electrons. The number of hydrogen-bond donors (Lipinski definition) is 1. The van der Waals surface area contributed by atoms with Gasteiger partial charge in [-0.3, -0.25) is 4.79 Å². The zero-order chi connectivity index (χ0) is 13.7. The topological polar surface area (TPSA) is 45.2 Å². The molecule has 2 aromatic rings. The Labute approximate surface area is 117 Å². The minimum Gasteiger partial charge on any atom is -0.378 e. The van der Waals surface area contributed by atoms with Crippen LogP contribution in [0.3, 0.4) is 0 Å². The Bertz CT molecular complexity index is 539. The number of carbonyl (C=O) groups is 1. The quantitative estimate of drug-likeness (QED) is 0.912. The van der Waals surface area contributed by atoms with Crippen molar-refractivity contribution in [3.8, 4) is 0 Å². The number of thiazole rings is 1. The van der Waals surface area contributed by atoms with Crippen LogP contribution in [0.25, 0.3) is 0 Å². The number of rotatable bonds is 5. The lowest BCUT2D eigenvalue weighted by atomic mass is 10.1. The first-order chi connectivity index (χ1) is 9.16. The molecule has 1 aromatic heterocycles. The van der Waals surface area contributed by atoms with Crippen molar-refractivity contribution in [2.24, 2.45) is 0 Å². The molecule has 0 radical (unpaired) electrons. The first-order valence-electron chi connectivity index (χ1n) is 6.08. The Kier molecular flexibility index (Phi) is 4.52. The summed E-state index contributed by atoms with van der Waals surface area (Å²) in [5, 5.41) is 6.39. The second-order valence-electron chi connectivity index (χ2n) is 4.31. The number of nitrogens with zero attached hydrogens (tertiary/aromatic N) is 2. The summed E-state index contributed by atoms with van der Waals surface area (Å²) in [6.07, 6.45) is 1.80. The normalized spacial score (nSPS) is 10.2. The molecule has 0 aliphatic heterocycles. The van der Waals surface area contributed by atoms with E-state index < -0.39 is 0 Å². The lowest BCUT2D eigenvalue weighted by Crippen LogP contribution is -2.23. The fourth-order valence-electron chi connectivity index (χ4n) is 1.71. The van der Waals surface area contributed by atoms with Gasteiger partial charge in [-0.25, -0.2) is 4.98 Å². The summed E-state index contributed by atoms with van der Waals surface area (Å²) in [7, 11) is 1.81. The third kappa shape index (κ3) is 3.79. The molecule has 0 bridgehead atoms. The summed E-state index contributed by atoms with van der Waals surface area (Å²) < 4.78 is 0. The van der Waals surface area contributed by atoms with E-state index in [2.05, 4.69) is 10.3 Å². The fourth-order valence-corrected chi connectivity index (χ4v) is 2.26. The highest BCUT2D eigenvalue weighted by Crippen LogP contribution is 2.18. The van der Waals surface area contributed by atoms with E-state index in [1.165, 1.54) is 0 Å². The number of amides is 1. The van der Waals surface area contributed by atoms with Gasteiger partial charge >= 0.3 is 0 Å². The molecule has 0 aliphatic carbocycles. The van der Waals surface area contributed by atoms with Crippen molar-refractivity contribution in [2.45, 2.75) is 20.0 Å². The molecular formula is C14H17N3OS. The van der Waals surface area contributed by atoms with Crippen LogP contribution in [0.4, 0.5) is 5.69 Å². The molecule has 4 nitrogen and oxygen atoms in total.